The zero-order valence-electron chi connectivity index (χ0n) is 14.3. The average molecular weight is 326 g/mol. The van der Waals surface area contributed by atoms with Crippen molar-refractivity contribution >= 4 is 11.9 Å². The minimum atomic E-state index is 0.0945. The van der Waals surface area contributed by atoms with Crippen LogP contribution in [-0.4, -0.2) is 47.0 Å². The molecule has 126 valence electrons. The van der Waals surface area contributed by atoms with Gasteiger partial charge in [0.25, 0.3) is 5.91 Å². The van der Waals surface area contributed by atoms with Gasteiger partial charge in [0.2, 0.25) is 5.95 Å². The van der Waals surface area contributed by atoms with E-state index in [-0.39, 0.29) is 5.91 Å². The van der Waals surface area contributed by atoms with Crippen LogP contribution in [0.4, 0.5) is 5.95 Å². The number of aryl methyl sites for hydroxylation is 3. The summed E-state index contributed by atoms with van der Waals surface area (Å²) < 4.78 is 5.50. The molecule has 2 fully saturated rings. The van der Waals surface area contributed by atoms with Crippen LogP contribution in [0.1, 0.15) is 27.6 Å². The Morgan fingerprint density at radius 3 is 2.46 bits per heavy atom. The molecule has 2 aliphatic heterocycles. The van der Waals surface area contributed by atoms with Crippen LogP contribution in [0, 0.1) is 32.6 Å². The van der Waals surface area contributed by atoms with Crippen molar-refractivity contribution in [3.63, 3.8) is 0 Å². The molecular formula is C18H22N4O2. The summed E-state index contributed by atoms with van der Waals surface area (Å²) in [5, 5.41) is 0. The van der Waals surface area contributed by atoms with Gasteiger partial charge in [0, 0.05) is 49.9 Å². The Kier molecular flexibility index (Phi) is 3.55. The van der Waals surface area contributed by atoms with Crippen LogP contribution >= 0.6 is 0 Å². The lowest BCUT2D eigenvalue weighted by atomic mass is 10.0. The number of likely N-dealkylation sites (tertiary alicyclic amines) is 1. The number of fused-ring (bicyclic) bond motifs is 1. The summed E-state index contributed by atoms with van der Waals surface area (Å²) in [6, 6.07) is 3.76. The van der Waals surface area contributed by atoms with Gasteiger partial charge in [0.1, 0.15) is 11.5 Å². The molecule has 4 rings (SSSR count). The number of aromatic nitrogens is 2. The van der Waals surface area contributed by atoms with Crippen molar-refractivity contribution in [3.8, 4) is 0 Å². The van der Waals surface area contributed by atoms with E-state index in [0.717, 1.165) is 43.6 Å². The molecule has 2 aromatic heterocycles. The fraction of sp³-hybridized carbons (Fsp3) is 0.500. The molecule has 0 radical (unpaired) electrons. The number of carbonyl (C=O) groups is 1. The van der Waals surface area contributed by atoms with Crippen LogP contribution in [-0.2, 0) is 0 Å². The standard InChI is InChI=1S/C18H22N4O2/c1-11-4-5-19-18(20-11)22-9-14-7-21(8-15(14)10-22)17(23)16-6-12(2)24-13(16)3/h4-6,14-15H,7-10H2,1-3H3. The normalized spacial score (nSPS) is 23.0. The number of furan rings is 1. The van der Waals surface area contributed by atoms with Crippen molar-refractivity contribution in [1.82, 2.24) is 14.9 Å². The molecule has 0 spiro atoms. The first-order valence-electron chi connectivity index (χ1n) is 8.42. The highest BCUT2D eigenvalue weighted by Crippen LogP contribution is 2.33. The third-order valence-electron chi connectivity index (χ3n) is 5.11. The lowest BCUT2D eigenvalue weighted by Gasteiger charge is -2.21. The van der Waals surface area contributed by atoms with Crippen LogP contribution in [0.25, 0.3) is 0 Å². The summed E-state index contributed by atoms with van der Waals surface area (Å²) >= 11 is 0. The molecule has 2 unspecified atom stereocenters. The Bertz CT molecular complexity index is 771. The zero-order chi connectivity index (χ0) is 16.8. The third-order valence-corrected chi connectivity index (χ3v) is 5.11. The second-order valence-corrected chi connectivity index (χ2v) is 6.96. The molecule has 0 bridgehead atoms. The van der Waals surface area contributed by atoms with E-state index in [9.17, 15) is 4.79 Å². The smallest absolute Gasteiger partial charge is 0.257 e. The van der Waals surface area contributed by atoms with Crippen LogP contribution < -0.4 is 4.90 Å². The molecular weight excluding hydrogens is 304 g/mol. The minimum Gasteiger partial charge on any atom is -0.466 e. The fourth-order valence-electron chi connectivity index (χ4n) is 3.92. The van der Waals surface area contributed by atoms with Crippen molar-refractivity contribution in [2.75, 3.05) is 31.1 Å². The average Bonchev–Trinajstić information content (AvgIpc) is 3.19. The minimum absolute atomic E-state index is 0.0945. The highest BCUT2D eigenvalue weighted by Gasteiger charge is 2.42. The third kappa shape index (κ3) is 2.56. The number of nitrogens with zero attached hydrogens (tertiary/aromatic N) is 4. The van der Waals surface area contributed by atoms with E-state index in [1.807, 2.05) is 44.0 Å². The molecule has 0 aromatic carbocycles. The second kappa shape index (κ2) is 5.61. The van der Waals surface area contributed by atoms with Gasteiger partial charge in [-0.2, -0.15) is 0 Å². The zero-order valence-corrected chi connectivity index (χ0v) is 14.3. The number of anilines is 1. The quantitative estimate of drug-likeness (QED) is 0.847. The molecule has 1 amide bonds. The Labute approximate surface area is 141 Å². The number of rotatable bonds is 2. The SMILES string of the molecule is Cc1ccnc(N2CC3CN(C(=O)c4cc(C)oc4C)CC3C2)n1. The van der Waals surface area contributed by atoms with Gasteiger partial charge in [-0.1, -0.05) is 0 Å². The van der Waals surface area contributed by atoms with E-state index in [1.54, 1.807) is 0 Å². The molecule has 24 heavy (non-hydrogen) atoms. The number of hydrogen-bond acceptors (Lipinski definition) is 5. The highest BCUT2D eigenvalue weighted by molar-refractivity contribution is 5.95. The van der Waals surface area contributed by atoms with Crippen LogP contribution in [0.2, 0.25) is 0 Å². The van der Waals surface area contributed by atoms with Gasteiger partial charge < -0.3 is 14.2 Å². The van der Waals surface area contributed by atoms with E-state index < -0.39 is 0 Å². The van der Waals surface area contributed by atoms with Gasteiger partial charge in [-0.3, -0.25) is 4.79 Å². The molecule has 2 aliphatic rings. The maximum atomic E-state index is 12.7. The fourth-order valence-corrected chi connectivity index (χ4v) is 3.92. The number of carbonyl (C=O) groups excluding carboxylic acids is 1. The summed E-state index contributed by atoms with van der Waals surface area (Å²) in [5.41, 5.74) is 1.69. The van der Waals surface area contributed by atoms with Crippen molar-refractivity contribution in [2.24, 2.45) is 11.8 Å². The molecule has 6 nitrogen and oxygen atoms in total. The molecule has 0 saturated carbocycles. The predicted molar refractivity (Wildman–Crippen MR) is 90.0 cm³/mol. The van der Waals surface area contributed by atoms with Gasteiger partial charge in [-0.15, -0.1) is 0 Å². The Morgan fingerprint density at radius 1 is 1.17 bits per heavy atom. The Morgan fingerprint density at radius 2 is 1.88 bits per heavy atom. The van der Waals surface area contributed by atoms with E-state index in [4.69, 9.17) is 4.42 Å². The van der Waals surface area contributed by atoms with Gasteiger partial charge >= 0.3 is 0 Å². The largest absolute Gasteiger partial charge is 0.466 e. The molecule has 4 heterocycles. The maximum Gasteiger partial charge on any atom is 0.257 e. The van der Waals surface area contributed by atoms with Crippen molar-refractivity contribution in [2.45, 2.75) is 20.8 Å². The molecule has 0 aliphatic carbocycles. The Hall–Kier alpha value is -2.37. The predicted octanol–water partition coefficient (Wildman–Crippen LogP) is 2.20. The topological polar surface area (TPSA) is 62.5 Å². The number of hydrogen-bond donors (Lipinski definition) is 0. The Balaban J connectivity index is 1.44. The van der Waals surface area contributed by atoms with Crippen LogP contribution in [0.15, 0.2) is 22.7 Å². The summed E-state index contributed by atoms with van der Waals surface area (Å²) in [6.07, 6.45) is 1.81. The molecule has 2 saturated heterocycles. The summed E-state index contributed by atoms with van der Waals surface area (Å²) in [4.78, 5) is 25.9. The van der Waals surface area contributed by atoms with Crippen LogP contribution in [0.3, 0.4) is 0 Å². The summed E-state index contributed by atoms with van der Waals surface area (Å²) in [7, 11) is 0. The highest BCUT2D eigenvalue weighted by atomic mass is 16.3. The van der Waals surface area contributed by atoms with Crippen molar-refractivity contribution in [3.05, 3.63) is 41.1 Å². The maximum absolute atomic E-state index is 12.7. The van der Waals surface area contributed by atoms with E-state index >= 15 is 0 Å². The van der Waals surface area contributed by atoms with Crippen LogP contribution in [0.5, 0.6) is 0 Å². The number of amides is 1. The van der Waals surface area contributed by atoms with Gasteiger partial charge in [-0.05, 0) is 32.9 Å². The summed E-state index contributed by atoms with van der Waals surface area (Å²) in [5.74, 6) is 3.39. The monoisotopic (exact) mass is 326 g/mol. The van der Waals surface area contributed by atoms with Gasteiger partial charge in [-0.25, -0.2) is 9.97 Å². The summed E-state index contributed by atoms with van der Waals surface area (Å²) in [6.45, 7) is 9.15. The van der Waals surface area contributed by atoms with E-state index in [0.29, 0.717) is 23.2 Å². The molecule has 6 heteroatoms. The lowest BCUT2D eigenvalue weighted by Crippen LogP contribution is -2.33. The van der Waals surface area contributed by atoms with Gasteiger partial charge in [0.15, 0.2) is 0 Å². The van der Waals surface area contributed by atoms with Crippen molar-refractivity contribution < 1.29 is 9.21 Å². The lowest BCUT2D eigenvalue weighted by molar-refractivity contribution is 0.0781. The van der Waals surface area contributed by atoms with Gasteiger partial charge in [0.05, 0.1) is 5.56 Å². The first kappa shape index (κ1) is 15.2. The molecule has 2 atom stereocenters. The first-order chi connectivity index (χ1) is 11.5. The van der Waals surface area contributed by atoms with Crippen molar-refractivity contribution in [1.29, 1.82) is 0 Å². The second-order valence-electron chi connectivity index (χ2n) is 6.96. The van der Waals surface area contributed by atoms with E-state index in [1.165, 1.54) is 0 Å². The molecule has 0 N–H and O–H groups in total. The van der Waals surface area contributed by atoms with E-state index in [2.05, 4.69) is 14.9 Å². The first-order valence-corrected chi connectivity index (χ1v) is 8.42. The molecule has 2 aromatic rings.